The molecule has 2 rings (SSSR count). The molecule has 0 spiro atoms. The second-order valence-electron chi connectivity index (χ2n) is 5.34. The fourth-order valence-electron chi connectivity index (χ4n) is 2.30. The lowest BCUT2D eigenvalue weighted by molar-refractivity contribution is 0.106. The van der Waals surface area contributed by atoms with Crippen molar-refractivity contribution in [2.45, 2.75) is 19.6 Å². The fraction of sp³-hybridized carbons (Fsp3) is 0.316. The third-order valence-corrected chi connectivity index (χ3v) is 3.59. The molecular formula is C19H25FIN3O. The van der Waals surface area contributed by atoms with Gasteiger partial charge in [-0.2, -0.15) is 0 Å². The van der Waals surface area contributed by atoms with Crippen molar-refractivity contribution in [1.82, 2.24) is 10.6 Å². The van der Waals surface area contributed by atoms with Crippen LogP contribution in [0.25, 0.3) is 0 Å². The van der Waals surface area contributed by atoms with E-state index in [2.05, 4.69) is 15.6 Å². The van der Waals surface area contributed by atoms with E-state index in [9.17, 15) is 4.39 Å². The van der Waals surface area contributed by atoms with Gasteiger partial charge in [-0.05, 0) is 30.2 Å². The zero-order valence-electron chi connectivity index (χ0n) is 14.5. The summed E-state index contributed by atoms with van der Waals surface area (Å²) in [6.45, 7) is 3.94. The van der Waals surface area contributed by atoms with Gasteiger partial charge in [-0.1, -0.05) is 42.5 Å². The van der Waals surface area contributed by atoms with E-state index in [1.54, 1.807) is 19.2 Å². The highest BCUT2D eigenvalue weighted by molar-refractivity contribution is 14.0. The normalized spacial score (nSPS) is 12.2. The van der Waals surface area contributed by atoms with Crippen molar-refractivity contribution in [3.05, 3.63) is 71.5 Å². The van der Waals surface area contributed by atoms with Gasteiger partial charge in [0.25, 0.3) is 0 Å². The summed E-state index contributed by atoms with van der Waals surface area (Å²) in [6.07, 6.45) is -0.175. The minimum absolute atomic E-state index is 0. The summed E-state index contributed by atoms with van der Waals surface area (Å²) >= 11 is 0. The Morgan fingerprint density at radius 2 is 1.76 bits per heavy atom. The van der Waals surface area contributed by atoms with Gasteiger partial charge in [-0.3, -0.25) is 0 Å². The monoisotopic (exact) mass is 457 g/mol. The predicted molar refractivity (Wildman–Crippen MR) is 111 cm³/mol. The van der Waals surface area contributed by atoms with E-state index < -0.39 is 0 Å². The number of halogens is 2. The van der Waals surface area contributed by atoms with Crippen LogP contribution in [-0.4, -0.2) is 26.2 Å². The van der Waals surface area contributed by atoms with Gasteiger partial charge >= 0.3 is 0 Å². The number of ether oxygens (including phenoxy) is 1. The van der Waals surface area contributed by atoms with E-state index in [-0.39, 0.29) is 35.9 Å². The van der Waals surface area contributed by atoms with Crippen LogP contribution < -0.4 is 10.6 Å². The first kappa shape index (κ1) is 21.4. The van der Waals surface area contributed by atoms with Crippen LogP contribution in [0.3, 0.4) is 0 Å². The van der Waals surface area contributed by atoms with Gasteiger partial charge in [0.1, 0.15) is 5.82 Å². The van der Waals surface area contributed by atoms with Crippen LogP contribution in [0.5, 0.6) is 0 Å². The summed E-state index contributed by atoms with van der Waals surface area (Å²) in [6, 6.07) is 16.4. The summed E-state index contributed by atoms with van der Waals surface area (Å²) in [5, 5.41) is 6.49. The molecule has 4 nitrogen and oxygen atoms in total. The number of hydrogen-bond acceptors (Lipinski definition) is 2. The smallest absolute Gasteiger partial charge is 0.191 e. The molecule has 0 saturated heterocycles. The van der Waals surface area contributed by atoms with Gasteiger partial charge in [-0.25, -0.2) is 9.38 Å². The quantitative estimate of drug-likeness (QED) is 0.377. The Bertz CT molecular complexity index is 635. The molecule has 2 N–H and O–H groups in total. The molecule has 136 valence electrons. The molecule has 1 atom stereocenters. The Labute approximate surface area is 165 Å². The number of methoxy groups -OCH3 is 1. The van der Waals surface area contributed by atoms with E-state index in [0.717, 1.165) is 23.6 Å². The molecule has 2 aromatic carbocycles. The van der Waals surface area contributed by atoms with Crippen LogP contribution >= 0.6 is 24.0 Å². The number of guanidine groups is 1. The van der Waals surface area contributed by atoms with Gasteiger partial charge in [0, 0.05) is 20.2 Å². The second-order valence-corrected chi connectivity index (χ2v) is 5.34. The van der Waals surface area contributed by atoms with Crippen LogP contribution in [0.4, 0.5) is 4.39 Å². The van der Waals surface area contributed by atoms with Crippen molar-refractivity contribution in [2.75, 3.05) is 20.2 Å². The van der Waals surface area contributed by atoms with Crippen LogP contribution in [0.1, 0.15) is 24.2 Å². The summed E-state index contributed by atoms with van der Waals surface area (Å²) in [4.78, 5) is 4.58. The molecule has 0 aliphatic carbocycles. The van der Waals surface area contributed by atoms with Crippen molar-refractivity contribution in [3.8, 4) is 0 Å². The molecule has 0 heterocycles. The van der Waals surface area contributed by atoms with Gasteiger partial charge in [0.05, 0.1) is 12.6 Å². The van der Waals surface area contributed by atoms with Crippen LogP contribution in [0.2, 0.25) is 0 Å². The highest BCUT2D eigenvalue weighted by atomic mass is 127. The molecule has 0 amide bonds. The summed E-state index contributed by atoms with van der Waals surface area (Å²) in [5.41, 5.74) is 2.07. The van der Waals surface area contributed by atoms with Crippen LogP contribution in [0, 0.1) is 5.82 Å². The lowest BCUT2D eigenvalue weighted by atomic mass is 10.1. The molecular weight excluding hydrogens is 432 g/mol. The highest BCUT2D eigenvalue weighted by Gasteiger charge is 2.11. The second kappa shape index (κ2) is 11.8. The van der Waals surface area contributed by atoms with E-state index in [0.29, 0.717) is 13.1 Å². The lowest BCUT2D eigenvalue weighted by Gasteiger charge is -2.18. The van der Waals surface area contributed by atoms with E-state index in [1.807, 2.05) is 37.3 Å². The average Bonchev–Trinajstić information content (AvgIpc) is 2.62. The Morgan fingerprint density at radius 3 is 2.36 bits per heavy atom. The molecule has 0 saturated carbocycles. The minimum Gasteiger partial charge on any atom is -0.375 e. The zero-order chi connectivity index (χ0) is 17.2. The van der Waals surface area contributed by atoms with Crippen molar-refractivity contribution in [1.29, 1.82) is 0 Å². The Balaban J connectivity index is 0.00000312. The maximum atomic E-state index is 13.0. The molecule has 6 heteroatoms. The number of nitrogens with zero attached hydrogens (tertiary/aromatic N) is 1. The summed E-state index contributed by atoms with van der Waals surface area (Å²) < 4.78 is 18.5. The Morgan fingerprint density at radius 1 is 1.08 bits per heavy atom. The SMILES string of the molecule is CCNC(=NCc1ccccc1)NCC(OC)c1ccc(F)cc1.I. The summed E-state index contributed by atoms with van der Waals surface area (Å²) in [7, 11) is 1.64. The molecule has 0 bridgehead atoms. The molecule has 0 aromatic heterocycles. The van der Waals surface area contributed by atoms with Crippen LogP contribution in [0.15, 0.2) is 59.6 Å². The largest absolute Gasteiger partial charge is 0.375 e. The molecule has 0 aliphatic heterocycles. The van der Waals surface area contributed by atoms with Crippen molar-refractivity contribution in [3.63, 3.8) is 0 Å². The molecule has 1 unspecified atom stereocenters. The van der Waals surface area contributed by atoms with Gasteiger partial charge < -0.3 is 15.4 Å². The number of hydrogen-bond donors (Lipinski definition) is 2. The van der Waals surface area contributed by atoms with E-state index >= 15 is 0 Å². The minimum atomic E-state index is -0.251. The number of rotatable bonds is 7. The number of benzene rings is 2. The molecule has 0 radical (unpaired) electrons. The lowest BCUT2D eigenvalue weighted by Crippen LogP contribution is -2.39. The predicted octanol–water partition coefficient (Wildman–Crippen LogP) is 3.89. The maximum absolute atomic E-state index is 13.0. The number of aliphatic imine (C=N–C) groups is 1. The first-order valence-corrected chi connectivity index (χ1v) is 8.07. The Hall–Kier alpha value is -1.67. The third kappa shape index (κ3) is 7.39. The molecule has 0 fully saturated rings. The Kier molecular flexibility index (Phi) is 10.1. The molecule has 0 aliphatic rings. The average molecular weight is 457 g/mol. The van der Waals surface area contributed by atoms with Crippen molar-refractivity contribution < 1.29 is 9.13 Å². The fourth-order valence-corrected chi connectivity index (χ4v) is 2.30. The topological polar surface area (TPSA) is 45.7 Å². The molecule has 25 heavy (non-hydrogen) atoms. The van der Waals surface area contributed by atoms with Crippen molar-refractivity contribution in [2.24, 2.45) is 4.99 Å². The van der Waals surface area contributed by atoms with Gasteiger partial charge in [0.15, 0.2) is 5.96 Å². The van der Waals surface area contributed by atoms with Gasteiger partial charge in [-0.15, -0.1) is 24.0 Å². The molecule has 2 aromatic rings. The standard InChI is InChI=1S/C19H24FN3O.HI/c1-3-21-19(22-13-15-7-5-4-6-8-15)23-14-18(24-2)16-9-11-17(20)12-10-16;/h4-12,18H,3,13-14H2,1-2H3,(H2,21,22,23);1H. The van der Waals surface area contributed by atoms with E-state index in [4.69, 9.17) is 4.74 Å². The first-order valence-electron chi connectivity index (χ1n) is 8.07. The maximum Gasteiger partial charge on any atom is 0.191 e. The number of nitrogens with one attached hydrogen (secondary N) is 2. The third-order valence-electron chi connectivity index (χ3n) is 3.59. The van der Waals surface area contributed by atoms with E-state index in [1.165, 1.54) is 12.1 Å². The first-order chi connectivity index (χ1) is 11.7. The highest BCUT2D eigenvalue weighted by Crippen LogP contribution is 2.16. The van der Waals surface area contributed by atoms with Crippen molar-refractivity contribution >= 4 is 29.9 Å². The summed E-state index contributed by atoms with van der Waals surface area (Å²) in [5.74, 6) is 0.477. The van der Waals surface area contributed by atoms with Crippen LogP contribution in [-0.2, 0) is 11.3 Å². The van der Waals surface area contributed by atoms with Gasteiger partial charge in [0.2, 0.25) is 0 Å². The zero-order valence-corrected chi connectivity index (χ0v) is 16.9.